The molecule has 0 saturated carbocycles. The van der Waals surface area contributed by atoms with Crippen LogP contribution in [0, 0.1) is 34.6 Å². The van der Waals surface area contributed by atoms with Crippen molar-refractivity contribution >= 4 is 34.2 Å². The molecule has 3 rings (SSSR count). The zero-order valence-electron chi connectivity index (χ0n) is 13.9. The largest absolute Gasteiger partial charge is 0.318 e. The number of halogens is 2. The Balaban J connectivity index is 2.08. The number of hydrogen-bond donors (Lipinski definition) is 0. The minimum atomic E-state index is -0.344. The van der Waals surface area contributed by atoms with E-state index in [0.717, 1.165) is 22.6 Å². The molecule has 0 fully saturated rings. The third-order valence-corrected chi connectivity index (χ3v) is 4.83. The van der Waals surface area contributed by atoms with E-state index in [4.69, 9.17) is 0 Å². The molecule has 0 unspecified atom stereocenters. The smallest absolute Gasteiger partial charge is 0.123 e. The Bertz CT molecular complexity index is 992. The van der Waals surface area contributed by atoms with Crippen molar-refractivity contribution < 1.29 is 4.39 Å². The van der Waals surface area contributed by atoms with E-state index < -0.39 is 0 Å². The second-order valence-electron chi connectivity index (χ2n) is 5.82. The molecule has 0 atom stereocenters. The first-order chi connectivity index (χ1) is 12.0. The molecule has 0 bridgehead atoms. The molecule has 124 valence electrons. The molecular weight excluding hydrogens is 426 g/mol. The summed E-state index contributed by atoms with van der Waals surface area (Å²) in [5.74, 6) is -0.344. The number of hydrogen-bond acceptors (Lipinski definition) is 1. The van der Waals surface area contributed by atoms with E-state index in [1.54, 1.807) is 12.1 Å². The summed E-state index contributed by atoms with van der Waals surface area (Å²) in [6.45, 7) is 4.06. The Morgan fingerprint density at radius 3 is 2.48 bits per heavy atom. The summed E-state index contributed by atoms with van der Waals surface area (Å²) in [5.41, 5.74) is 5.20. The Morgan fingerprint density at radius 1 is 1.12 bits per heavy atom. The summed E-state index contributed by atoms with van der Waals surface area (Å²) < 4.78 is 16.8. The van der Waals surface area contributed by atoms with Gasteiger partial charge in [0.15, 0.2) is 0 Å². The number of nitriles is 1. The van der Waals surface area contributed by atoms with Crippen LogP contribution in [0.1, 0.15) is 22.5 Å². The van der Waals surface area contributed by atoms with E-state index in [-0.39, 0.29) is 5.82 Å². The van der Waals surface area contributed by atoms with Crippen LogP contribution in [0.2, 0.25) is 0 Å². The zero-order valence-corrected chi connectivity index (χ0v) is 16.1. The van der Waals surface area contributed by atoms with Crippen LogP contribution in [-0.2, 0) is 0 Å². The quantitative estimate of drug-likeness (QED) is 0.367. The molecule has 0 amide bonds. The van der Waals surface area contributed by atoms with Crippen molar-refractivity contribution in [2.75, 3.05) is 0 Å². The van der Waals surface area contributed by atoms with Gasteiger partial charge in [-0.05, 0) is 96.1 Å². The van der Waals surface area contributed by atoms with E-state index in [1.165, 1.54) is 15.7 Å². The summed E-state index contributed by atoms with van der Waals surface area (Å²) in [5, 5.41) is 9.50. The molecule has 25 heavy (non-hydrogen) atoms. The molecule has 0 spiro atoms. The summed E-state index contributed by atoms with van der Waals surface area (Å²) in [6, 6.07) is 18.6. The van der Waals surface area contributed by atoms with Gasteiger partial charge >= 0.3 is 0 Å². The van der Waals surface area contributed by atoms with Gasteiger partial charge in [-0.25, -0.2) is 4.39 Å². The van der Waals surface area contributed by atoms with E-state index in [9.17, 15) is 9.65 Å². The Kier molecular flexibility index (Phi) is 5.05. The van der Waals surface area contributed by atoms with Gasteiger partial charge in [0.1, 0.15) is 5.82 Å². The Morgan fingerprint density at radius 2 is 1.84 bits per heavy atom. The fraction of sp³-hybridized carbons (Fsp3) is 0.0952. The van der Waals surface area contributed by atoms with E-state index >= 15 is 0 Å². The van der Waals surface area contributed by atoms with Crippen molar-refractivity contribution in [3.8, 4) is 11.8 Å². The molecule has 1 heterocycles. The Hall–Kier alpha value is -2.39. The first-order valence-corrected chi connectivity index (χ1v) is 8.90. The molecule has 3 aromatic rings. The molecule has 4 heteroatoms. The second-order valence-corrected chi connectivity index (χ2v) is 7.06. The van der Waals surface area contributed by atoms with Gasteiger partial charge in [-0.2, -0.15) is 5.26 Å². The van der Waals surface area contributed by atoms with Crippen molar-refractivity contribution in [2.24, 2.45) is 0 Å². The van der Waals surface area contributed by atoms with Gasteiger partial charge in [0.25, 0.3) is 0 Å². The van der Waals surface area contributed by atoms with Crippen LogP contribution >= 0.6 is 22.6 Å². The molecule has 0 N–H and O–H groups in total. The van der Waals surface area contributed by atoms with Crippen LogP contribution < -0.4 is 0 Å². The number of allylic oxidation sites excluding steroid dienone is 1. The molecule has 2 nitrogen and oxygen atoms in total. The van der Waals surface area contributed by atoms with Crippen LogP contribution in [0.3, 0.4) is 0 Å². The second kappa shape index (κ2) is 7.24. The van der Waals surface area contributed by atoms with Crippen LogP contribution in [0.5, 0.6) is 0 Å². The first kappa shape index (κ1) is 17.4. The maximum atomic E-state index is 13.5. The topological polar surface area (TPSA) is 28.7 Å². The highest BCUT2D eigenvalue weighted by atomic mass is 127. The highest BCUT2D eigenvalue weighted by Gasteiger charge is 2.11. The minimum Gasteiger partial charge on any atom is -0.318 e. The number of benzene rings is 2. The molecule has 0 aliphatic rings. The standard InChI is InChI=1S/C21H16FIN2/c1-14-10-17(11-18(13-24)16-4-3-5-19(22)12-16)15(2)25(14)21-8-6-20(23)7-9-21/h3-12H,1-2H3/b18-11+. The van der Waals surface area contributed by atoms with E-state index in [1.807, 2.05) is 26.0 Å². The minimum absolute atomic E-state index is 0.344. The van der Waals surface area contributed by atoms with Crippen molar-refractivity contribution in [3.05, 3.63) is 86.5 Å². The predicted molar refractivity (Wildman–Crippen MR) is 108 cm³/mol. The van der Waals surface area contributed by atoms with Gasteiger partial charge in [-0.1, -0.05) is 12.1 Å². The van der Waals surface area contributed by atoms with Crippen LogP contribution in [-0.4, -0.2) is 4.57 Å². The molecule has 0 radical (unpaired) electrons. The molecule has 0 saturated heterocycles. The molecule has 2 aromatic carbocycles. The molecule has 0 aliphatic heterocycles. The van der Waals surface area contributed by atoms with Gasteiger partial charge in [0.2, 0.25) is 0 Å². The summed E-state index contributed by atoms with van der Waals surface area (Å²) in [7, 11) is 0. The average Bonchev–Trinajstić information content (AvgIpc) is 2.87. The number of aryl methyl sites for hydroxylation is 1. The molecule has 0 aliphatic carbocycles. The predicted octanol–water partition coefficient (Wildman–Crippen LogP) is 5.90. The number of rotatable bonds is 3. The van der Waals surface area contributed by atoms with Gasteiger partial charge in [0.05, 0.1) is 11.6 Å². The van der Waals surface area contributed by atoms with Gasteiger partial charge in [-0.15, -0.1) is 0 Å². The average molecular weight is 442 g/mol. The lowest BCUT2D eigenvalue weighted by molar-refractivity contribution is 0.627. The fourth-order valence-electron chi connectivity index (χ4n) is 2.91. The van der Waals surface area contributed by atoms with Crippen molar-refractivity contribution in [2.45, 2.75) is 13.8 Å². The first-order valence-electron chi connectivity index (χ1n) is 7.82. The normalized spacial score (nSPS) is 11.4. The maximum Gasteiger partial charge on any atom is 0.123 e. The van der Waals surface area contributed by atoms with Crippen molar-refractivity contribution in [1.29, 1.82) is 5.26 Å². The SMILES string of the molecule is Cc1cc(/C=C(\C#N)c2cccc(F)c2)c(C)n1-c1ccc(I)cc1. The summed E-state index contributed by atoms with van der Waals surface area (Å²) >= 11 is 2.28. The van der Waals surface area contributed by atoms with Crippen LogP contribution in [0.25, 0.3) is 17.3 Å². The number of aromatic nitrogens is 1. The summed E-state index contributed by atoms with van der Waals surface area (Å²) in [6.07, 6.45) is 1.82. The molecular formula is C21H16FIN2. The highest BCUT2D eigenvalue weighted by Crippen LogP contribution is 2.26. The van der Waals surface area contributed by atoms with Gasteiger partial charge in [0, 0.05) is 20.6 Å². The Labute approximate surface area is 160 Å². The van der Waals surface area contributed by atoms with Crippen molar-refractivity contribution in [1.82, 2.24) is 4.57 Å². The zero-order chi connectivity index (χ0) is 18.0. The lowest BCUT2D eigenvalue weighted by Crippen LogP contribution is -1.98. The monoisotopic (exact) mass is 442 g/mol. The lowest BCUT2D eigenvalue weighted by Gasteiger charge is -2.09. The third-order valence-electron chi connectivity index (χ3n) is 4.11. The molecule has 1 aromatic heterocycles. The highest BCUT2D eigenvalue weighted by molar-refractivity contribution is 14.1. The maximum absolute atomic E-state index is 13.5. The third kappa shape index (κ3) is 3.67. The lowest BCUT2D eigenvalue weighted by atomic mass is 10.0. The van der Waals surface area contributed by atoms with E-state index in [2.05, 4.69) is 57.5 Å². The van der Waals surface area contributed by atoms with Gasteiger partial charge in [-0.3, -0.25) is 0 Å². The fourth-order valence-corrected chi connectivity index (χ4v) is 3.27. The summed E-state index contributed by atoms with van der Waals surface area (Å²) in [4.78, 5) is 0. The van der Waals surface area contributed by atoms with Crippen LogP contribution in [0.15, 0.2) is 54.6 Å². The van der Waals surface area contributed by atoms with Crippen LogP contribution in [0.4, 0.5) is 4.39 Å². The van der Waals surface area contributed by atoms with Crippen molar-refractivity contribution in [3.63, 3.8) is 0 Å². The number of nitrogens with zero attached hydrogens (tertiary/aromatic N) is 2. The van der Waals surface area contributed by atoms with Gasteiger partial charge < -0.3 is 4.57 Å². The van der Waals surface area contributed by atoms with E-state index in [0.29, 0.717) is 11.1 Å².